The highest BCUT2D eigenvalue weighted by Gasteiger charge is 2.24. The zero-order valence-corrected chi connectivity index (χ0v) is 9.98. The summed E-state index contributed by atoms with van der Waals surface area (Å²) in [6, 6.07) is 2.24. The van der Waals surface area contributed by atoms with Crippen LogP contribution in [0.15, 0.2) is 18.2 Å². The molecule has 0 saturated heterocycles. The Hall–Kier alpha value is -1.24. The molecule has 0 aromatic heterocycles. The van der Waals surface area contributed by atoms with Crippen LogP contribution in [0.25, 0.3) is 0 Å². The number of rotatable bonds is 4. The summed E-state index contributed by atoms with van der Waals surface area (Å²) in [5.41, 5.74) is 5.40. The van der Waals surface area contributed by atoms with Crippen molar-refractivity contribution in [3.63, 3.8) is 0 Å². The second-order valence-electron chi connectivity index (χ2n) is 3.46. The molecule has 1 rings (SSSR count). The van der Waals surface area contributed by atoms with Gasteiger partial charge in [0.2, 0.25) is 0 Å². The number of nitro groups is 1. The van der Waals surface area contributed by atoms with Gasteiger partial charge in [0, 0.05) is 5.56 Å². The van der Waals surface area contributed by atoms with E-state index in [2.05, 4.69) is 0 Å². The van der Waals surface area contributed by atoms with E-state index >= 15 is 0 Å². The lowest BCUT2D eigenvalue weighted by atomic mass is 9.99. The Bertz CT molecular complexity index is 403. The lowest BCUT2D eigenvalue weighted by Crippen LogP contribution is -2.26. The van der Waals surface area contributed by atoms with Crippen LogP contribution in [0.3, 0.4) is 0 Å². The van der Waals surface area contributed by atoms with Crippen molar-refractivity contribution in [1.82, 2.24) is 0 Å². The van der Waals surface area contributed by atoms with Crippen LogP contribution in [0.1, 0.15) is 24.9 Å². The number of nitrogens with zero attached hydrogens (tertiary/aromatic N) is 1. The lowest BCUT2D eigenvalue weighted by molar-refractivity contribution is -0.386. The van der Waals surface area contributed by atoms with Gasteiger partial charge in [-0.15, -0.1) is 12.4 Å². The second kappa shape index (κ2) is 6.48. The maximum atomic E-state index is 12.8. The van der Waals surface area contributed by atoms with E-state index in [9.17, 15) is 19.6 Å². The van der Waals surface area contributed by atoms with Crippen molar-refractivity contribution in [3.8, 4) is 0 Å². The van der Waals surface area contributed by atoms with Gasteiger partial charge >= 0.3 is 0 Å². The van der Waals surface area contributed by atoms with Gasteiger partial charge in [-0.3, -0.25) is 10.1 Å². The summed E-state index contributed by atoms with van der Waals surface area (Å²) in [6.07, 6.45) is -0.514. The van der Waals surface area contributed by atoms with Crippen LogP contribution in [0.2, 0.25) is 0 Å². The Labute approximate surface area is 104 Å². The fraction of sp³-hybridized carbons (Fsp3) is 0.400. The van der Waals surface area contributed by atoms with E-state index in [4.69, 9.17) is 5.73 Å². The molecule has 0 saturated carbocycles. The first-order valence-corrected chi connectivity index (χ1v) is 4.84. The van der Waals surface area contributed by atoms with E-state index in [0.717, 1.165) is 12.1 Å². The molecule has 0 heterocycles. The number of hydrogen-bond acceptors (Lipinski definition) is 4. The highest BCUT2D eigenvalue weighted by Crippen LogP contribution is 2.27. The van der Waals surface area contributed by atoms with Crippen LogP contribution in [-0.4, -0.2) is 16.1 Å². The minimum absolute atomic E-state index is 0. The predicted octanol–water partition coefficient (Wildman–Crippen LogP) is 1.93. The van der Waals surface area contributed by atoms with Gasteiger partial charge in [-0.25, -0.2) is 4.39 Å². The maximum absolute atomic E-state index is 12.8. The molecule has 0 fully saturated rings. The minimum Gasteiger partial charge on any atom is -0.391 e. The molecule has 7 heteroatoms. The summed E-state index contributed by atoms with van der Waals surface area (Å²) in [4.78, 5) is 9.98. The second-order valence-corrected chi connectivity index (χ2v) is 3.46. The van der Waals surface area contributed by atoms with Gasteiger partial charge in [-0.1, -0.05) is 6.92 Å². The largest absolute Gasteiger partial charge is 0.391 e. The molecular formula is C10H14ClFN2O3. The zero-order valence-electron chi connectivity index (χ0n) is 9.17. The van der Waals surface area contributed by atoms with Gasteiger partial charge in [0.15, 0.2) is 0 Å². The van der Waals surface area contributed by atoms with E-state index < -0.39 is 28.6 Å². The molecule has 0 amide bonds. The highest BCUT2D eigenvalue weighted by molar-refractivity contribution is 5.85. The summed E-state index contributed by atoms with van der Waals surface area (Å²) >= 11 is 0. The van der Waals surface area contributed by atoms with E-state index in [1.165, 1.54) is 6.07 Å². The summed E-state index contributed by atoms with van der Waals surface area (Å²) in [6.45, 7) is 1.71. The Morgan fingerprint density at radius 2 is 2.18 bits per heavy atom. The van der Waals surface area contributed by atoms with E-state index in [1.54, 1.807) is 6.92 Å². The number of aliphatic hydroxyl groups is 1. The molecule has 5 nitrogen and oxygen atoms in total. The highest BCUT2D eigenvalue weighted by atomic mass is 35.5. The topological polar surface area (TPSA) is 89.4 Å². The van der Waals surface area contributed by atoms with E-state index in [1.807, 2.05) is 0 Å². The summed E-state index contributed by atoms with van der Waals surface area (Å²) in [5, 5.41) is 20.2. The summed E-state index contributed by atoms with van der Waals surface area (Å²) in [7, 11) is 0. The number of aliphatic hydroxyl groups excluding tert-OH is 1. The molecule has 0 aliphatic carbocycles. The average molecular weight is 265 g/mol. The van der Waals surface area contributed by atoms with Gasteiger partial charge in [0.1, 0.15) is 5.82 Å². The normalized spacial score (nSPS) is 13.6. The first-order chi connectivity index (χ1) is 7.47. The van der Waals surface area contributed by atoms with Crippen molar-refractivity contribution in [2.75, 3.05) is 0 Å². The van der Waals surface area contributed by atoms with Gasteiger partial charge in [-0.05, 0) is 18.6 Å². The van der Waals surface area contributed by atoms with Crippen LogP contribution in [0.4, 0.5) is 10.1 Å². The molecule has 0 spiro atoms. The fourth-order valence-electron chi connectivity index (χ4n) is 1.42. The molecule has 2 atom stereocenters. The SMILES string of the molecule is CC[C@@H](O)[C@@H](N)c1ccc(F)cc1[N+](=O)[O-].Cl. The van der Waals surface area contributed by atoms with E-state index in [0.29, 0.717) is 6.42 Å². The molecule has 3 N–H and O–H groups in total. The third-order valence-corrected chi connectivity index (χ3v) is 2.38. The number of nitro benzene ring substituents is 1. The van der Waals surface area contributed by atoms with E-state index in [-0.39, 0.29) is 18.0 Å². The van der Waals surface area contributed by atoms with Gasteiger partial charge < -0.3 is 10.8 Å². The maximum Gasteiger partial charge on any atom is 0.277 e. The molecule has 1 aromatic rings. The Balaban J connectivity index is 0.00000256. The first kappa shape index (κ1) is 15.8. The Morgan fingerprint density at radius 3 is 2.65 bits per heavy atom. The quantitative estimate of drug-likeness (QED) is 0.642. The van der Waals surface area contributed by atoms with Crippen LogP contribution in [0, 0.1) is 15.9 Å². The molecule has 1 aromatic carbocycles. The van der Waals surface area contributed by atoms with Crippen LogP contribution >= 0.6 is 12.4 Å². The molecule has 0 radical (unpaired) electrons. The Morgan fingerprint density at radius 1 is 1.59 bits per heavy atom. The number of halogens is 2. The molecule has 0 aliphatic heterocycles. The molecule has 0 aliphatic rings. The third kappa shape index (κ3) is 3.62. The van der Waals surface area contributed by atoms with Gasteiger partial charge in [-0.2, -0.15) is 0 Å². The average Bonchev–Trinajstić information content (AvgIpc) is 2.26. The standard InChI is InChI=1S/C10H13FN2O3.ClH/c1-2-9(14)10(12)7-4-3-6(11)5-8(7)13(15)16;/h3-5,9-10,14H,2,12H2,1H3;1H/t9-,10+;/m1./s1. The summed E-state index contributed by atoms with van der Waals surface area (Å²) in [5.74, 6) is -0.700. The van der Waals surface area contributed by atoms with Crippen molar-refractivity contribution >= 4 is 18.1 Å². The van der Waals surface area contributed by atoms with Crippen molar-refractivity contribution in [2.24, 2.45) is 5.73 Å². The number of benzene rings is 1. The van der Waals surface area contributed by atoms with Crippen molar-refractivity contribution in [3.05, 3.63) is 39.7 Å². The van der Waals surface area contributed by atoms with Crippen molar-refractivity contribution in [1.29, 1.82) is 0 Å². The smallest absolute Gasteiger partial charge is 0.277 e. The fourth-order valence-corrected chi connectivity index (χ4v) is 1.42. The molecule has 96 valence electrons. The van der Waals surface area contributed by atoms with Crippen molar-refractivity contribution < 1.29 is 14.4 Å². The van der Waals surface area contributed by atoms with Crippen LogP contribution in [0.5, 0.6) is 0 Å². The summed E-state index contributed by atoms with van der Waals surface area (Å²) < 4.78 is 12.8. The molecule has 17 heavy (non-hydrogen) atoms. The van der Waals surface area contributed by atoms with Crippen LogP contribution in [-0.2, 0) is 0 Å². The Kier molecular flexibility index (Phi) is 6.01. The van der Waals surface area contributed by atoms with Crippen LogP contribution < -0.4 is 5.73 Å². The number of hydrogen-bond donors (Lipinski definition) is 2. The monoisotopic (exact) mass is 264 g/mol. The van der Waals surface area contributed by atoms with Crippen molar-refractivity contribution in [2.45, 2.75) is 25.5 Å². The number of nitrogens with two attached hydrogens (primary N) is 1. The molecule has 0 unspecified atom stereocenters. The molecule has 0 bridgehead atoms. The lowest BCUT2D eigenvalue weighted by Gasteiger charge is -2.17. The third-order valence-electron chi connectivity index (χ3n) is 2.38. The zero-order chi connectivity index (χ0) is 12.3. The minimum atomic E-state index is -0.885. The first-order valence-electron chi connectivity index (χ1n) is 4.84. The van der Waals surface area contributed by atoms with Gasteiger partial charge in [0.25, 0.3) is 5.69 Å². The predicted molar refractivity (Wildman–Crippen MR) is 63.5 cm³/mol. The van der Waals surface area contributed by atoms with Gasteiger partial charge in [0.05, 0.1) is 23.1 Å². The molecular weight excluding hydrogens is 251 g/mol.